The third-order valence-electron chi connectivity index (χ3n) is 3.50. The Morgan fingerprint density at radius 3 is 2.80 bits per heavy atom. The minimum atomic E-state index is 0.120. The Balaban J connectivity index is 1.72. The first-order valence-electron chi connectivity index (χ1n) is 7.95. The molecule has 0 aliphatic heterocycles. The number of nitrogens with one attached hydrogen (secondary N) is 1. The SMILES string of the molecule is CCOc1cc(/C=N/Nc2nc(-c3ccccc3)c(C)s2)ccc1O. The molecule has 1 aromatic heterocycles. The monoisotopic (exact) mass is 353 g/mol. The Kier molecular flexibility index (Phi) is 5.30. The number of rotatable bonds is 6. The van der Waals surface area contributed by atoms with Crippen molar-refractivity contribution in [2.24, 2.45) is 5.10 Å². The van der Waals surface area contributed by atoms with Crippen molar-refractivity contribution in [3.05, 3.63) is 59.0 Å². The van der Waals surface area contributed by atoms with Crippen LogP contribution in [0.4, 0.5) is 5.13 Å². The molecule has 0 aliphatic carbocycles. The predicted octanol–water partition coefficient (Wildman–Crippen LogP) is 4.67. The van der Waals surface area contributed by atoms with E-state index in [4.69, 9.17) is 4.74 Å². The average molecular weight is 353 g/mol. The van der Waals surface area contributed by atoms with Crippen LogP contribution in [0.5, 0.6) is 11.5 Å². The fourth-order valence-electron chi connectivity index (χ4n) is 2.35. The van der Waals surface area contributed by atoms with E-state index in [-0.39, 0.29) is 5.75 Å². The highest BCUT2D eigenvalue weighted by Gasteiger charge is 2.08. The van der Waals surface area contributed by atoms with E-state index >= 15 is 0 Å². The van der Waals surface area contributed by atoms with Crippen LogP contribution in [0.25, 0.3) is 11.3 Å². The number of benzene rings is 2. The lowest BCUT2D eigenvalue weighted by Gasteiger charge is -2.05. The van der Waals surface area contributed by atoms with Gasteiger partial charge in [0.25, 0.3) is 0 Å². The topological polar surface area (TPSA) is 66.7 Å². The summed E-state index contributed by atoms with van der Waals surface area (Å²) >= 11 is 1.56. The molecule has 25 heavy (non-hydrogen) atoms. The van der Waals surface area contributed by atoms with E-state index in [0.29, 0.717) is 12.4 Å². The molecule has 2 N–H and O–H groups in total. The molecule has 0 spiro atoms. The van der Waals surface area contributed by atoms with E-state index in [9.17, 15) is 5.11 Å². The Morgan fingerprint density at radius 1 is 1.24 bits per heavy atom. The molecule has 5 nitrogen and oxygen atoms in total. The molecular weight excluding hydrogens is 334 g/mol. The van der Waals surface area contributed by atoms with Crippen LogP contribution in [-0.2, 0) is 0 Å². The van der Waals surface area contributed by atoms with Crippen molar-refractivity contribution in [2.45, 2.75) is 13.8 Å². The highest BCUT2D eigenvalue weighted by Crippen LogP contribution is 2.30. The molecule has 6 heteroatoms. The summed E-state index contributed by atoms with van der Waals surface area (Å²) in [6.07, 6.45) is 1.67. The van der Waals surface area contributed by atoms with Crippen molar-refractivity contribution in [1.82, 2.24) is 4.98 Å². The molecule has 2 aromatic carbocycles. The minimum absolute atomic E-state index is 0.120. The molecule has 0 saturated carbocycles. The number of hydrogen-bond acceptors (Lipinski definition) is 6. The van der Waals surface area contributed by atoms with Crippen molar-refractivity contribution in [1.29, 1.82) is 0 Å². The maximum Gasteiger partial charge on any atom is 0.204 e. The minimum Gasteiger partial charge on any atom is -0.504 e. The van der Waals surface area contributed by atoms with Crippen LogP contribution in [0.1, 0.15) is 17.4 Å². The van der Waals surface area contributed by atoms with Crippen LogP contribution in [-0.4, -0.2) is 22.9 Å². The van der Waals surface area contributed by atoms with Crippen LogP contribution in [0.3, 0.4) is 0 Å². The van der Waals surface area contributed by atoms with Gasteiger partial charge in [0.15, 0.2) is 11.5 Å². The van der Waals surface area contributed by atoms with Gasteiger partial charge in [-0.3, -0.25) is 5.43 Å². The summed E-state index contributed by atoms with van der Waals surface area (Å²) in [5.74, 6) is 0.568. The van der Waals surface area contributed by atoms with E-state index in [1.165, 1.54) is 0 Å². The number of aromatic nitrogens is 1. The number of anilines is 1. The van der Waals surface area contributed by atoms with Crippen LogP contribution >= 0.6 is 11.3 Å². The number of ether oxygens (including phenoxy) is 1. The number of thiazole rings is 1. The number of hydrazone groups is 1. The van der Waals surface area contributed by atoms with Gasteiger partial charge < -0.3 is 9.84 Å². The highest BCUT2D eigenvalue weighted by atomic mass is 32.1. The van der Waals surface area contributed by atoms with E-state index < -0.39 is 0 Å². The van der Waals surface area contributed by atoms with Crippen molar-refractivity contribution < 1.29 is 9.84 Å². The molecule has 3 rings (SSSR count). The molecule has 0 atom stereocenters. The van der Waals surface area contributed by atoms with Gasteiger partial charge in [-0.1, -0.05) is 30.3 Å². The van der Waals surface area contributed by atoms with Gasteiger partial charge >= 0.3 is 0 Å². The Bertz CT molecular complexity index is 876. The smallest absolute Gasteiger partial charge is 0.204 e. The predicted molar refractivity (Wildman–Crippen MR) is 103 cm³/mol. The zero-order chi connectivity index (χ0) is 17.6. The van der Waals surface area contributed by atoms with Gasteiger partial charge in [0.1, 0.15) is 0 Å². The zero-order valence-electron chi connectivity index (χ0n) is 14.1. The lowest BCUT2D eigenvalue weighted by molar-refractivity contribution is 0.318. The van der Waals surface area contributed by atoms with Crippen molar-refractivity contribution >= 4 is 22.7 Å². The normalized spacial score (nSPS) is 11.0. The molecule has 0 unspecified atom stereocenters. The van der Waals surface area contributed by atoms with Crippen LogP contribution in [0, 0.1) is 6.92 Å². The number of aryl methyl sites for hydroxylation is 1. The molecule has 3 aromatic rings. The summed E-state index contributed by atoms with van der Waals surface area (Å²) in [5, 5.41) is 14.7. The lowest BCUT2D eigenvalue weighted by Crippen LogP contribution is -1.94. The number of phenolic OH excluding ortho intramolecular Hbond substituents is 1. The third-order valence-corrected chi connectivity index (χ3v) is 4.38. The summed E-state index contributed by atoms with van der Waals surface area (Å²) in [6, 6.07) is 15.2. The van der Waals surface area contributed by atoms with Crippen molar-refractivity contribution in [3.8, 4) is 22.8 Å². The summed E-state index contributed by atoms with van der Waals surface area (Å²) in [6.45, 7) is 4.41. The number of phenols is 1. The lowest BCUT2D eigenvalue weighted by atomic mass is 10.1. The fourth-order valence-corrected chi connectivity index (χ4v) is 3.14. The van der Waals surface area contributed by atoms with Crippen LogP contribution in [0.15, 0.2) is 53.6 Å². The van der Waals surface area contributed by atoms with Gasteiger partial charge in [0, 0.05) is 10.4 Å². The maximum atomic E-state index is 9.72. The number of hydrogen-bond donors (Lipinski definition) is 2. The Labute approximate surface area is 150 Å². The van der Waals surface area contributed by atoms with E-state index in [1.807, 2.05) is 44.2 Å². The van der Waals surface area contributed by atoms with Crippen molar-refractivity contribution in [2.75, 3.05) is 12.0 Å². The van der Waals surface area contributed by atoms with Crippen LogP contribution in [0.2, 0.25) is 0 Å². The van der Waals surface area contributed by atoms with Gasteiger partial charge in [-0.25, -0.2) is 4.98 Å². The number of nitrogens with zero attached hydrogens (tertiary/aromatic N) is 2. The first-order valence-corrected chi connectivity index (χ1v) is 8.76. The maximum absolute atomic E-state index is 9.72. The zero-order valence-corrected chi connectivity index (χ0v) is 14.9. The largest absolute Gasteiger partial charge is 0.504 e. The number of aromatic hydroxyl groups is 1. The first kappa shape index (κ1) is 17.0. The standard InChI is InChI=1S/C19H19N3O2S/c1-3-24-17-11-14(9-10-16(17)23)12-20-22-19-21-18(13(2)25-19)15-7-5-4-6-8-15/h4-12,23H,3H2,1-2H3,(H,21,22)/b20-12+. The quantitative estimate of drug-likeness (QED) is 0.499. The van der Waals surface area contributed by atoms with E-state index in [0.717, 1.165) is 26.8 Å². The molecule has 0 saturated heterocycles. The summed E-state index contributed by atoms with van der Waals surface area (Å²) in [4.78, 5) is 5.73. The van der Waals surface area contributed by atoms with E-state index in [2.05, 4.69) is 15.5 Å². The van der Waals surface area contributed by atoms with E-state index in [1.54, 1.807) is 35.8 Å². The highest BCUT2D eigenvalue weighted by molar-refractivity contribution is 7.15. The average Bonchev–Trinajstić information content (AvgIpc) is 2.99. The molecule has 1 heterocycles. The molecule has 0 amide bonds. The second-order valence-corrected chi connectivity index (χ2v) is 6.52. The third kappa shape index (κ3) is 4.16. The molecule has 0 bridgehead atoms. The van der Waals surface area contributed by atoms with Gasteiger partial charge in [0.2, 0.25) is 5.13 Å². The molecule has 0 aliphatic rings. The Morgan fingerprint density at radius 2 is 2.04 bits per heavy atom. The molecule has 128 valence electrons. The summed E-state index contributed by atoms with van der Waals surface area (Å²) in [7, 11) is 0. The molecular formula is C19H19N3O2S. The van der Waals surface area contributed by atoms with Gasteiger partial charge in [-0.05, 0) is 37.6 Å². The second kappa shape index (κ2) is 7.81. The molecule has 0 radical (unpaired) electrons. The van der Waals surface area contributed by atoms with Gasteiger partial charge in [0.05, 0.1) is 18.5 Å². The molecule has 0 fully saturated rings. The fraction of sp³-hybridized carbons (Fsp3) is 0.158. The first-order chi connectivity index (χ1) is 12.2. The summed E-state index contributed by atoms with van der Waals surface area (Å²) in [5.41, 5.74) is 5.84. The van der Waals surface area contributed by atoms with Crippen LogP contribution < -0.4 is 10.2 Å². The summed E-state index contributed by atoms with van der Waals surface area (Å²) < 4.78 is 5.37. The van der Waals surface area contributed by atoms with Crippen molar-refractivity contribution in [3.63, 3.8) is 0 Å². The Hall–Kier alpha value is -2.86. The van der Waals surface area contributed by atoms with Gasteiger partial charge in [-0.15, -0.1) is 11.3 Å². The second-order valence-electron chi connectivity index (χ2n) is 5.32. The van der Waals surface area contributed by atoms with Gasteiger partial charge in [-0.2, -0.15) is 5.10 Å².